The number of aromatic nitrogens is 1. The van der Waals surface area contributed by atoms with Crippen LogP contribution in [0.15, 0.2) is 6.07 Å². The number of pyridine rings is 1. The van der Waals surface area contributed by atoms with Gasteiger partial charge in [0.05, 0.1) is 0 Å². The average molecular weight is 127 g/mol. The molecule has 0 aliphatic heterocycles. The molecule has 0 fully saturated rings. The van der Waals surface area contributed by atoms with Gasteiger partial charge in [-0.3, -0.25) is 4.98 Å². The Bertz CT molecular complexity index is 208. The first kappa shape index (κ1) is 7.39. The van der Waals surface area contributed by atoms with E-state index in [0.29, 0.717) is 11.1 Å². The molecule has 10 heavy (non-hydrogen) atoms. The lowest BCUT2D eigenvalue weighted by molar-refractivity contribution is 1.19. The molecule has 0 aromatic carbocycles. The van der Waals surface area contributed by atoms with Crippen LogP contribution in [0.5, 0.6) is 0 Å². The van der Waals surface area contributed by atoms with Gasteiger partial charge in [-0.15, -0.1) is 0 Å². The second-order valence-electron chi connectivity index (χ2n) is 2.37. The molecular weight excluding hydrogens is 120 g/mol. The van der Waals surface area contributed by atoms with Crippen LogP contribution in [0, 0.1) is 13.8 Å². The maximum Gasteiger partial charge on any atom is 0.140 e. The van der Waals surface area contributed by atoms with E-state index in [2.05, 4.69) is 4.98 Å². The molecule has 0 saturated carbocycles. The van der Waals surface area contributed by atoms with Crippen LogP contribution in [0.1, 0.15) is 11.3 Å². The molecule has 46 valence electrons. The summed E-state index contributed by atoms with van der Waals surface area (Å²) in [5.74, 6) is 0. The molecule has 0 N–H and O–H groups in total. The minimum atomic E-state index is 0.420. The van der Waals surface area contributed by atoms with Gasteiger partial charge in [-0.05, 0) is 25.0 Å². The maximum atomic E-state index is 5.50. The van der Waals surface area contributed by atoms with Crippen molar-refractivity contribution in [3.05, 3.63) is 17.3 Å². The summed E-state index contributed by atoms with van der Waals surface area (Å²) >= 11 is 0. The van der Waals surface area contributed by atoms with E-state index in [9.17, 15) is 0 Å². The lowest BCUT2D eigenvalue weighted by Crippen LogP contribution is -2.29. The lowest BCUT2D eigenvalue weighted by atomic mass is 9.84. The van der Waals surface area contributed by atoms with Crippen molar-refractivity contribution in [1.29, 1.82) is 0 Å². The second kappa shape index (κ2) is 2.49. The zero-order chi connectivity index (χ0) is 7.72. The number of hydrogen-bond donors (Lipinski definition) is 0. The Balaban J connectivity index is 3.28. The third-order valence-corrected chi connectivity index (χ3v) is 1.53. The largest absolute Gasteiger partial charge is 0.270 e. The molecule has 0 saturated heterocycles. The van der Waals surface area contributed by atoms with Crippen molar-refractivity contribution in [2.45, 2.75) is 13.8 Å². The van der Waals surface area contributed by atoms with Crippen molar-refractivity contribution in [2.24, 2.45) is 0 Å². The van der Waals surface area contributed by atoms with Gasteiger partial charge in [0.2, 0.25) is 0 Å². The molecule has 0 unspecified atom stereocenters. The Hall–Kier alpha value is -0.720. The molecule has 0 aliphatic carbocycles. The third kappa shape index (κ3) is 1.23. The molecule has 1 nitrogen and oxygen atoms in total. The van der Waals surface area contributed by atoms with Crippen LogP contribution in [0.4, 0.5) is 0 Å². The first-order chi connectivity index (χ1) is 4.61. The fourth-order valence-electron chi connectivity index (χ4n) is 0.745. The standard InChI is InChI=1S/C7H7B2N/c1-4-3-6(8)7(9)10-5(4)2/h3H,1-2H3. The van der Waals surface area contributed by atoms with E-state index >= 15 is 0 Å². The van der Waals surface area contributed by atoms with Gasteiger partial charge in [-0.2, -0.15) is 0 Å². The molecule has 3 heteroatoms. The Kier molecular flexibility index (Phi) is 1.84. The Morgan fingerprint density at radius 1 is 1.30 bits per heavy atom. The van der Waals surface area contributed by atoms with E-state index in [1.54, 1.807) is 0 Å². The fourth-order valence-corrected chi connectivity index (χ4v) is 0.745. The summed E-state index contributed by atoms with van der Waals surface area (Å²) < 4.78 is 0. The van der Waals surface area contributed by atoms with Gasteiger partial charge in [-0.25, -0.2) is 0 Å². The van der Waals surface area contributed by atoms with Crippen molar-refractivity contribution < 1.29 is 0 Å². The second-order valence-corrected chi connectivity index (χ2v) is 2.37. The van der Waals surface area contributed by atoms with Crippen LogP contribution in [0.25, 0.3) is 0 Å². The van der Waals surface area contributed by atoms with Crippen LogP contribution in [-0.2, 0) is 0 Å². The van der Waals surface area contributed by atoms with Gasteiger partial charge in [0.15, 0.2) is 0 Å². The molecule has 0 spiro atoms. The summed E-state index contributed by atoms with van der Waals surface area (Å²) in [4.78, 5) is 4.03. The molecular formula is C7H7B2N. The number of nitrogens with zero attached hydrogens (tertiary/aromatic N) is 1. The maximum absolute atomic E-state index is 5.50. The summed E-state index contributed by atoms with van der Waals surface area (Å²) in [6, 6.07) is 1.83. The predicted octanol–water partition coefficient (Wildman–Crippen LogP) is -0.714. The van der Waals surface area contributed by atoms with E-state index in [-0.39, 0.29) is 0 Å². The molecule has 0 bridgehead atoms. The fraction of sp³-hybridized carbons (Fsp3) is 0.286. The topological polar surface area (TPSA) is 12.9 Å². The normalized spacial score (nSPS) is 9.80. The van der Waals surface area contributed by atoms with E-state index in [4.69, 9.17) is 15.7 Å². The van der Waals surface area contributed by atoms with Crippen molar-refractivity contribution in [3.63, 3.8) is 0 Å². The molecule has 1 aromatic heterocycles. The molecule has 0 atom stereocenters. The Morgan fingerprint density at radius 3 is 2.40 bits per heavy atom. The zero-order valence-corrected chi connectivity index (χ0v) is 6.18. The minimum Gasteiger partial charge on any atom is -0.270 e. The highest BCUT2D eigenvalue weighted by atomic mass is 14.7. The summed E-state index contributed by atoms with van der Waals surface area (Å²) in [5, 5.41) is 0. The van der Waals surface area contributed by atoms with Crippen molar-refractivity contribution in [2.75, 3.05) is 0 Å². The molecule has 1 rings (SSSR count). The van der Waals surface area contributed by atoms with E-state index in [1.807, 2.05) is 19.9 Å². The van der Waals surface area contributed by atoms with Crippen LogP contribution < -0.4 is 11.1 Å². The number of aryl methyl sites for hydroxylation is 2. The van der Waals surface area contributed by atoms with Crippen molar-refractivity contribution in [1.82, 2.24) is 4.98 Å². The molecule has 1 heterocycles. The van der Waals surface area contributed by atoms with Crippen molar-refractivity contribution in [3.8, 4) is 0 Å². The smallest absolute Gasteiger partial charge is 0.140 e. The monoisotopic (exact) mass is 127 g/mol. The highest BCUT2D eigenvalue weighted by molar-refractivity contribution is 6.47. The Labute approximate surface area is 63.7 Å². The van der Waals surface area contributed by atoms with Crippen LogP contribution in [0.3, 0.4) is 0 Å². The summed E-state index contributed by atoms with van der Waals surface area (Å²) in [6.45, 7) is 3.86. The van der Waals surface area contributed by atoms with Crippen LogP contribution in [-0.4, -0.2) is 20.7 Å². The first-order valence-corrected chi connectivity index (χ1v) is 3.10. The molecule has 1 aromatic rings. The van der Waals surface area contributed by atoms with Gasteiger partial charge in [-0.1, -0.05) is 11.5 Å². The SMILES string of the molecule is [B]c1cc(C)c(C)nc1[B]. The van der Waals surface area contributed by atoms with Crippen LogP contribution >= 0.6 is 0 Å². The van der Waals surface area contributed by atoms with E-state index in [0.717, 1.165) is 11.3 Å². The van der Waals surface area contributed by atoms with Crippen molar-refractivity contribution >= 4 is 26.7 Å². The first-order valence-electron chi connectivity index (χ1n) is 3.10. The summed E-state index contributed by atoms with van der Waals surface area (Å²) in [5.41, 5.74) is 2.99. The quantitative estimate of drug-likeness (QED) is 0.419. The summed E-state index contributed by atoms with van der Waals surface area (Å²) in [6.07, 6.45) is 0. The van der Waals surface area contributed by atoms with Gasteiger partial charge >= 0.3 is 0 Å². The number of rotatable bonds is 0. The van der Waals surface area contributed by atoms with Gasteiger partial charge in [0, 0.05) is 5.69 Å². The third-order valence-electron chi connectivity index (χ3n) is 1.53. The number of hydrogen-bond acceptors (Lipinski definition) is 1. The van der Waals surface area contributed by atoms with E-state index in [1.165, 1.54) is 0 Å². The van der Waals surface area contributed by atoms with Crippen LogP contribution in [0.2, 0.25) is 0 Å². The van der Waals surface area contributed by atoms with E-state index < -0.39 is 0 Å². The molecule has 0 aliphatic rings. The zero-order valence-electron chi connectivity index (χ0n) is 6.18. The minimum absolute atomic E-state index is 0.420. The highest BCUT2D eigenvalue weighted by Crippen LogP contribution is 1.95. The lowest BCUT2D eigenvalue weighted by Gasteiger charge is -2.04. The molecule has 4 radical (unpaired) electrons. The summed E-state index contributed by atoms with van der Waals surface area (Å²) in [7, 11) is 11.0. The predicted molar refractivity (Wildman–Crippen MR) is 44.5 cm³/mol. The highest BCUT2D eigenvalue weighted by Gasteiger charge is 1.96. The molecule has 0 amide bonds. The van der Waals surface area contributed by atoms with Gasteiger partial charge < -0.3 is 0 Å². The van der Waals surface area contributed by atoms with Gasteiger partial charge in [0.25, 0.3) is 0 Å². The Morgan fingerprint density at radius 2 is 1.90 bits per heavy atom. The van der Waals surface area contributed by atoms with Gasteiger partial charge in [0.1, 0.15) is 15.7 Å². The average Bonchev–Trinajstić information content (AvgIpc) is 1.84.